The van der Waals surface area contributed by atoms with Gasteiger partial charge in [0.15, 0.2) is 11.0 Å². The normalized spacial score (nSPS) is 11.0. The number of carbonyl (C=O) groups excluding carboxylic acids is 1. The summed E-state index contributed by atoms with van der Waals surface area (Å²) in [6.07, 6.45) is 1.59. The molecule has 41 heavy (non-hydrogen) atoms. The fourth-order valence-corrected chi connectivity index (χ4v) is 4.73. The second kappa shape index (κ2) is 13.5. The molecule has 5 rings (SSSR count). The SMILES string of the molecule is COc1ccc(-n2c(SCC(=O)NN=Cc3cccc(OCc4ccccc4)c3)nnc2-c2ccc(C)cc2)cc1. The van der Waals surface area contributed by atoms with Gasteiger partial charge in [0.2, 0.25) is 0 Å². The number of hydrazone groups is 1. The van der Waals surface area contributed by atoms with Gasteiger partial charge in [0, 0.05) is 11.3 Å². The third-order valence-electron chi connectivity index (χ3n) is 6.12. The topological polar surface area (TPSA) is 90.6 Å². The Balaban J connectivity index is 1.23. The average molecular weight is 564 g/mol. The number of amides is 1. The summed E-state index contributed by atoms with van der Waals surface area (Å²) >= 11 is 1.28. The molecule has 0 fully saturated rings. The molecule has 0 saturated carbocycles. The molecule has 9 heteroatoms. The zero-order valence-electron chi connectivity index (χ0n) is 22.7. The van der Waals surface area contributed by atoms with Crippen LogP contribution in [0.3, 0.4) is 0 Å². The van der Waals surface area contributed by atoms with Crippen LogP contribution in [0.15, 0.2) is 113 Å². The van der Waals surface area contributed by atoms with Crippen LogP contribution in [0.5, 0.6) is 11.5 Å². The van der Waals surface area contributed by atoms with Crippen LogP contribution in [0.25, 0.3) is 17.1 Å². The van der Waals surface area contributed by atoms with E-state index in [4.69, 9.17) is 9.47 Å². The highest BCUT2D eigenvalue weighted by atomic mass is 32.2. The zero-order chi connectivity index (χ0) is 28.4. The molecule has 0 aliphatic rings. The van der Waals surface area contributed by atoms with E-state index in [2.05, 4.69) is 20.7 Å². The molecule has 4 aromatic carbocycles. The van der Waals surface area contributed by atoms with Crippen molar-refractivity contribution < 1.29 is 14.3 Å². The first-order valence-corrected chi connectivity index (χ1v) is 14.0. The minimum atomic E-state index is -0.260. The number of thioether (sulfide) groups is 1. The van der Waals surface area contributed by atoms with Crippen molar-refractivity contribution in [1.29, 1.82) is 0 Å². The van der Waals surface area contributed by atoms with Gasteiger partial charge < -0.3 is 9.47 Å². The summed E-state index contributed by atoms with van der Waals surface area (Å²) in [6.45, 7) is 2.51. The average Bonchev–Trinajstić information content (AvgIpc) is 3.44. The van der Waals surface area contributed by atoms with Crippen molar-refractivity contribution in [3.05, 3.63) is 120 Å². The smallest absolute Gasteiger partial charge is 0.250 e. The summed E-state index contributed by atoms with van der Waals surface area (Å²) in [5.74, 6) is 2.01. The van der Waals surface area contributed by atoms with Crippen LogP contribution in [0.2, 0.25) is 0 Å². The maximum absolute atomic E-state index is 12.6. The second-order valence-electron chi connectivity index (χ2n) is 9.13. The number of rotatable bonds is 11. The molecule has 8 nitrogen and oxygen atoms in total. The van der Waals surface area contributed by atoms with E-state index >= 15 is 0 Å². The quantitative estimate of drug-likeness (QED) is 0.119. The lowest BCUT2D eigenvalue weighted by molar-refractivity contribution is -0.118. The Morgan fingerprint density at radius 3 is 2.46 bits per heavy atom. The van der Waals surface area contributed by atoms with Crippen molar-refractivity contribution >= 4 is 23.9 Å². The Morgan fingerprint density at radius 1 is 0.927 bits per heavy atom. The fraction of sp³-hybridized carbons (Fsp3) is 0.125. The van der Waals surface area contributed by atoms with E-state index in [1.807, 2.05) is 115 Å². The number of aryl methyl sites for hydroxylation is 1. The van der Waals surface area contributed by atoms with Crippen molar-refractivity contribution in [2.45, 2.75) is 18.7 Å². The summed E-state index contributed by atoms with van der Waals surface area (Å²) in [5, 5.41) is 13.6. The van der Waals surface area contributed by atoms with Crippen LogP contribution in [-0.4, -0.2) is 39.7 Å². The van der Waals surface area contributed by atoms with Crippen LogP contribution in [0.4, 0.5) is 0 Å². The first kappa shape index (κ1) is 27.7. The van der Waals surface area contributed by atoms with Gasteiger partial charge in [0.25, 0.3) is 5.91 Å². The molecule has 0 aliphatic carbocycles. The van der Waals surface area contributed by atoms with Crippen LogP contribution >= 0.6 is 11.8 Å². The molecule has 206 valence electrons. The van der Waals surface area contributed by atoms with Gasteiger partial charge >= 0.3 is 0 Å². The maximum atomic E-state index is 12.6. The van der Waals surface area contributed by atoms with Gasteiger partial charge in [-0.1, -0.05) is 84.1 Å². The first-order valence-electron chi connectivity index (χ1n) is 13.0. The Hall–Kier alpha value is -4.89. The fourth-order valence-electron chi connectivity index (χ4n) is 3.98. The summed E-state index contributed by atoms with van der Waals surface area (Å²) in [4.78, 5) is 12.6. The minimum absolute atomic E-state index is 0.111. The first-order chi connectivity index (χ1) is 20.1. The van der Waals surface area contributed by atoms with E-state index in [0.29, 0.717) is 17.6 Å². The predicted octanol–water partition coefficient (Wildman–Crippen LogP) is 6.07. The van der Waals surface area contributed by atoms with Crippen molar-refractivity contribution in [1.82, 2.24) is 20.2 Å². The molecule has 1 N–H and O–H groups in total. The molecular formula is C32H29N5O3S. The summed E-state index contributed by atoms with van der Waals surface area (Å²) in [5.41, 5.74) is 7.43. The number of ether oxygens (including phenoxy) is 2. The number of methoxy groups -OCH3 is 1. The third kappa shape index (κ3) is 7.40. The molecule has 0 radical (unpaired) electrons. The van der Waals surface area contributed by atoms with E-state index in [1.54, 1.807) is 13.3 Å². The summed E-state index contributed by atoms with van der Waals surface area (Å²) in [7, 11) is 1.63. The monoisotopic (exact) mass is 563 g/mol. The van der Waals surface area contributed by atoms with Gasteiger partial charge in [-0.25, -0.2) is 5.43 Å². The Bertz CT molecular complexity index is 1620. The molecule has 0 aliphatic heterocycles. The summed E-state index contributed by atoms with van der Waals surface area (Å²) in [6, 6.07) is 33.2. The van der Waals surface area contributed by atoms with Crippen molar-refractivity contribution in [2.75, 3.05) is 12.9 Å². The van der Waals surface area contributed by atoms with Crippen LogP contribution in [0.1, 0.15) is 16.7 Å². The molecule has 1 heterocycles. The molecule has 1 amide bonds. The number of benzene rings is 4. The number of aromatic nitrogens is 3. The van der Waals surface area contributed by atoms with E-state index in [-0.39, 0.29) is 11.7 Å². The molecular weight excluding hydrogens is 534 g/mol. The van der Waals surface area contributed by atoms with E-state index in [1.165, 1.54) is 11.8 Å². The highest BCUT2D eigenvalue weighted by Crippen LogP contribution is 2.29. The molecule has 0 unspecified atom stereocenters. The van der Waals surface area contributed by atoms with Gasteiger partial charge in [-0.05, 0) is 54.4 Å². The predicted molar refractivity (Wildman–Crippen MR) is 162 cm³/mol. The van der Waals surface area contributed by atoms with Crippen molar-refractivity contribution in [3.63, 3.8) is 0 Å². The number of hydrogen-bond acceptors (Lipinski definition) is 7. The number of carbonyl (C=O) groups is 1. The highest BCUT2D eigenvalue weighted by molar-refractivity contribution is 7.99. The number of nitrogens with one attached hydrogen (secondary N) is 1. The highest BCUT2D eigenvalue weighted by Gasteiger charge is 2.17. The van der Waals surface area contributed by atoms with Crippen LogP contribution in [-0.2, 0) is 11.4 Å². The van der Waals surface area contributed by atoms with Gasteiger partial charge in [-0.15, -0.1) is 10.2 Å². The molecule has 1 aromatic heterocycles. The second-order valence-corrected chi connectivity index (χ2v) is 10.1. The number of hydrogen-bond donors (Lipinski definition) is 1. The Morgan fingerprint density at radius 2 is 1.71 bits per heavy atom. The van der Waals surface area contributed by atoms with E-state index < -0.39 is 0 Å². The Kier molecular flexibility index (Phi) is 9.08. The van der Waals surface area contributed by atoms with Crippen molar-refractivity contribution in [3.8, 4) is 28.6 Å². The lowest BCUT2D eigenvalue weighted by Crippen LogP contribution is -2.20. The lowest BCUT2D eigenvalue weighted by atomic mass is 10.1. The molecule has 0 bridgehead atoms. The molecule has 0 atom stereocenters. The molecule has 0 saturated heterocycles. The zero-order valence-corrected chi connectivity index (χ0v) is 23.5. The maximum Gasteiger partial charge on any atom is 0.250 e. The van der Waals surface area contributed by atoms with Crippen molar-refractivity contribution in [2.24, 2.45) is 5.10 Å². The minimum Gasteiger partial charge on any atom is -0.497 e. The lowest BCUT2D eigenvalue weighted by Gasteiger charge is -2.11. The van der Waals surface area contributed by atoms with E-state index in [0.717, 1.165) is 39.4 Å². The van der Waals surface area contributed by atoms with Crippen LogP contribution in [0, 0.1) is 6.92 Å². The molecule has 0 spiro atoms. The molecule has 5 aromatic rings. The third-order valence-corrected chi connectivity index (χ3v) is 7.04. The van der Waals surface area contributed by atoms with E-state index in [9.17, 15) is 4.79 Å². The number of nitrogens with zero attached hydrogens (tertiary/aromatic N) is 4. The van der Waals surface area contributed by atoms with Gasteiger partial charge in [0.05, 0.1) is 19.1 Å². The summed E-state index contributed by atoms with van der Waals surface area (Å²) < 4.78 is 13.1. The largest absolute Gasteiger partial charge is 0.497 e. The van der Waals surface area contributed by atoms with Gasteiger partial charge in [0.1, 0.15) is 18.1 Å². The standard InChI is InChI=1S/C32H29N5O3S/c1-23-11-13-26(14-12-23)31-35-36-32(37(31)27-15-17-28(39-2)18-16-27)41-22-30(38)34-33-20-25-9-6-10-29(19-25)40-21-24-7-4-3-5-8-24/h3-20H,21-22H2,1-2H3,(H,34,38). The Labute approximate surface area is 243 Å². The van der Waals surface area contributed by atoms with Gasteiger partial charge in [-0.3, -0.25) is 9.36 Å². The van der Waals surface area contributed by atoms with Gasteiger partial charge in [-0.2, -0.15) is 5.10 Å². The van der Waals surface area contributed by atoms with Crippen LogP contribution < -0.4 is 14.9 Å².